The Morgan fingerprint density at radius 3 is 2.29 bits per heavy atom. The van der Waals surface area contributed by atoms with Crippen molar-refractivity contribution in [3.8, 4) is 0 Å². The Hall–Kier alpha value is -0.410. The van der Waals surface area contributed by atoms with Crippen LogP contribution in [-0.4, -0.2) is 45.0 Å². The van der Waals surface area contributed by atoms with Gasteiger partial charge in [-0.1, -0.05) is 13.8 Å². The molecule has 0 amide bonds. The van der Waals surface area contributed by atoms with Crippen molar-refractivity contribution in [2.75, 3.05) is 33.9 Å². The smallest absolute Gasteiger partial charge is 0.127 e. The van der Waals surface area contributed by atoms with Crippen molar-refractivity contribution >= 4 is 6.29 Å². The molecule has 0 saturated heterocycles. The fraction of sp³-hybridized carbons (Fsp3) is 0.909. The molecule has 0 bridgehead atoms. The highest BCUT2D eigenvalue weighted by atomic mass is 16.5. The van der Waals surface area contributed by atoms with Crippen LogP contribution < -0.4 is 0 Å². The van der Waals surface area contributed by atoms with Gasteiger partial charge in [-0.3, -0.25) is 0 Å². The molecular formula is C11H23NO2. The zero-order chi connectivity index (χ0) is 11.0. The van der Waals surface area contributed by atoms with Crippen LogP contribution in [0, 0.1) is 5.41 Å². The maximum absolute atomic E-state index is 11.0. The lowest BCUT2D eigenvalue weighted by atomic mass is 9.83. The van der Waals surface area contributed by atoms with E-state index < -0.39 is 0 Å². The van der Waals surface area contributed by atoms with Gasteiger partial charge in [0.1, 0.15) is 6.29 Å². The van der Waals surface area contributed by atoms with E-state index in [9.17, 15) is 4.79 Å². The van der Waals surface area contributed by atoms with Crippen molar-refractivity contribution in [2.24, 2.45) is 5.41 Å². The van der Waals surface area contributed by atoms with Crippen molar-refractivity contribution < 1.29 is 9.53 Å². The summed E-state index contributed by atoms with van der Waals surface area (Å²) in [5, 5.41) is 0. The summed E-state index contributed by atoms with van der Waals surface area (Å²) in [6, 6.07) is 0. The molecule has 0 saturated carbocycles. The molecule has 3 nitrogen and oxygen atoms in total. The molecule has 0 aliphatic rings. The average molecular weight is 201 g/mol. The predicted molar refractivity (Wildman–Crippen MR) is 58.5 cm³/mol. The SMILES string of the molecule is CCC(C=O)(CC)CN(C)CCOC. The molecule has 0 radical (unpaired) electrons. The van der Waals surface area contributed by atoms with Gasteiger partial charge in [0.05, 0.1) is 6.61 Å². The standard InChI is InChI=1S/C11H23NO2/c1-5-11(6-2,10-13)9-12(3)7-8-14-4/h10H,5-9H2,1-4H3. The normalized spacial score (nSPS) is 12.1. The molecule has 0 N–H and O–H groups in total. The first-order chi connectivity index (χ1) is 6.64. The lowest BCUT2D eigenvalue weighted by molar-refractivity contribution is -0.117. The first-order valence-corrected chi connectivity index (χ1v) is 5.28. The van der Waals surface area contributed by atoms with Gasteiger partial charge in [0.15, 0.2) is 0 Å². The Morgan fingerprint density at radius 2 is 1.93 bits per heavy atom. The van der Waals surface area contributed by atoms with E-state index in [4.69, 9.17) is 4.74 Å². The van der Waals surface area contributed by atoms with E-state index in [-0.39, 0.29) is 5.41 Å². The van der Waals surface area contributed by atoms with E-state index in [1.54, 1.807) is 7.11 Å². The number of ether oxygens (including phenoxy) is 1. The Bertz CT molecular complexity index is 155. The molecule has 0 aliphatic heterocycles. The highest BCUT2D eigenvalue weighted by molar-refractivity contribution is 5.59. The number of carbonyl (C=O) groups is 1. The van der Waals surface area contributed by atoms with E-state index >= 15 is 0 Å². The topological polar surface area (TPSA) is 29.5 Å². The first kappa shape index (κ1) is 13.6. The van der Waals surface area contributed by atoms with Gasteiger partial charge in [-0.05, 0) is 19.9 Å². The van der Waals surface area contributed by atoms with Gasteiger partial charge in [0.25, 0.3) is 0 Å². The Labute approximate surface area is 87.4 Å². The zero-order valence-corrected chi connectivity index (χ0v) is 9.88. The highest BCUT2D eigenvalue weighted by Crippen LogP contribution is 2.24. The van der Waals surface area contributed by atoms with Crippen molar-refractivity contribution in [1.82, 2.24) is 4.90 Å². The minimum absolute atomic E-state index is 0.164. The molecule has 3 heteroatoms. The van der Waals surface area contributed by atoms with Gasteiger partial charge >= 0.3 is 0 Å². The monoisotopic (exact) mass is 201 g/mol. The minimum Gasteiger partial charge on any atom is -0.383 e. The van der Waals surface area contributed by atoms with E-state index in [1.165, 1.54) is 0 Å². The van der Waals surface area contributed by atoms with Gasteiger partial charge < -0.3 is 14.4 Å². The van der Waals surface area contributed by atoms with Crippen molar-refractivity contribution in [2.45, 2.75) is 26.7 Å². The third kappa shape index (κ3) is 4.20. The maximum atomic E-state index is 11.0. The van der Waals surface area contributed by atoms with Crippen molar-refractivity contribution in [3.05, 3.63) is 0 Å². The van der Waals surface area contributed by atoms with Crippen LogP contribution in [0.3, 0.4) is 0 Å². The average Bonchev–Trinajstić information content (AvgIpc) is 2.23. The second-order valence-corrected chi connectivity index (χ2v) is 3.92. The second kappa shape index (κ2) is 6.96. The molecule has 0 aromatic rings. The van der Waals surface area contributed by atoms with Gasteiger partial charge in [0, 0.05) is 25.6 Å². The minimum atomic E-state index is -0.164. The number of methoxy groups -OCH3 is 1. The Morgan fingerprint density at radius 1 is 1.36 bits per heavy atom. The van der Waals surface area contributed by atoms with Crippen LogP contribution in [0.2, 0.25) is 0 Å². The Kier molecular flexibility index (Phi) is 6.75. The molecule has 0 aromatic heterocycles. The molecule has 0 fully saturated rings. The van der Waals surface area contributed by atoms with E-state index in [1.807, 2.05) is 7.05 Å². The van der Waals surface area contributed by atoms with Gasteiger partial charge in [0.2, 0.25) is 0 Å². The van der Waals surface area contributed by atoms with Gasteiger partial charge in [-0.25, -0.2) is 0 Å². The van der Waals surface area contributed by atoms with Crippen LogP contribution in [0.1, 0.15) is 26.7 Å². The van der Waals surface area contributed by atoms with Crippen LogP contribution >= 0.6 is 0 Å². The molecule has 0 aromatic carbocycles. The molecule has 0 unspecified atom stereocenters. The zero-order valence-electron chi connectivity index (χ0n) is 9.88. The van der Waals surface area contributed by atoms with Crippen molar-refractivity contribution in [1.29, 1.82) is 0 Å². The molecule has 0 aliphatic carbocycles. The van der Waals surface area contributed by atoms with Crippen LogP contribution in [-0.2, 0) is 9.53 Å². The van der Waals surface area contributed by atoms with Gasteiger partial charge in [-0.2, -0.15) is 0 Å². The summed E-state index contributed by atoms with van der Waals surface area (Å²) in [5.74, 6) is 0. The number of nitrogens with zero attached hydrogens (tertiary/aromatic N) is 1. The summed E-state index contributed by atoms with van der Waals surface area (Å²) in [7, 11) is 3.73. The summed E-state index contributed by atoms with van der Waals surface area (Å²) < 4.78 is 5.00. The number of hydrogen-bond acceptors (Lipinski definition) is 3. The van der Waals surface area contributed by atoms with Crippen LogP contribution in [0.5, 0.6) is 0 Å². The van der Waals surface area contributed by atoms with Crippen molar-refractivity contribution in [3.63, 3.8) is 0 Å². The van der Waals surface area contributed by atoms with Crippen LogP contribution in [0.4, 0.5) is 0 Å². The lowest BCUT2D eigenvalue weighted by Gasteiger charge is -2.30. The number of hydrogen-bond donors (Lipinski definition) is 0. The highest BCUT2D eigenvalue weighted by Gasteiger charge is 2.26. The predicted octanol–water partition coefficient (Wildman–Crippen LogP) is 1.57. The largest absolute Gasteiger partial charge is 0.383 e. The number of aldehydes is 1. The number of likely N-dealkylation sites (N-methyl/N-ethyl adjacent to an activating group) is 1. The van der Waals surface area contributed by atoms with Crippen LogP contribution in [0.25, 0.3) is 0 Å². The third-order valence-electron chi connectivity index (χ3n) is 2.92. The van der Waals surface area contributed by atoms with E-state index in [0.717, 1.165) is 38.8 Å². The molecule has 14 heavy (non-hydrogen) atoms. The summed E-state index contributed by atoms with van der Waals surface area (Å²) >= 11 is 0. The Balaban J connectivity index is 4.08. The molecule has 0 spiro atoms. The lowest BCUT2D eigenvalue weighted by Crippen LogP contribution is -2.37. The fourth-order valence-electron chi connectivity index (χ4n) is 1.54. The third-order valence-corrected chi connectivity index (χ3v) is 2.92. The number of carbonyl (C=O) groups excluding carboxylic acids is 1. The quantitative estimate of drug-likeness (QED) is 0.558. The van der Waals surface area contributed by atoms with E-state index in [2.05, 4.69) is 18.7 Å². The fourth-order valence-corrected chi connectivity index (χ4v) is 1.54. The summed E-state index contributed by atoms with van der Waals surface area (Å²) in [6.07, 6.45) is 2.92. The number of rotatable bonds is 8. The second-order valence-electron chi connectivity index (χ2n) is 3.92. The maximum Gasteiger partial charge on any atom is 0.127 e. The molecule has 84 valence electrons. The first-order valence-electron chi connectivity index (χ1n) is 5.28. The summed E-state index contributed by atoms with van der Waals surface area (Å²) in [4.78, 5) is 13.2. The van der Waals surface area contributed by atoms with E-state index in [0.29, 0.717) is 0 Å². The van der Waals surface area contributed by atoms with Crippen LogP contribution in [0.15, 0.2) is 0 Å². The molecule has 0 rings (SSSR count). The summed E-state index contributed by atoms with van der Waals surface area (Å²) in [6.45, 7) is 6.57. The van der Waals surface area contributed by atoms with Gasteiger partial charge in [-0.15, -0.1) is 0 Å². The molecular weight excluding hydrogens is 178 g/mol. The molecule has 0 heterocycles. The molecule has 0 atom stereocenters. The summed E-state index contributed by atoms with van der Waals surface area (Å²) in [5.41, 5.74) is -0.164.